The monoisotopic (exact) mass is 618 g/mol. The number of hydrogen-bond donors (Lipinski definition) is 1. The largest absolute Gasteiger partial charge is 0.507 e. The molecule has 14 heteroatoms. The zero-order valence-corrected chi connectivity index (χ0v) is 24.1. The summed E-state index contributed by atoms with van der Waals surface area (Å²) in [5.41, 5.74) is 0.105. The first kappa shape index (κ1) is 31.3. The number of fused-ring (bicyclic) bond motifs is 1. The molecule has 0 bridgehead atoms. The Morgan fingerprint density at radius 1 is 0.860 bits per heavy atom. The summed E-state index contributed by atoms with van der Waals surface area (Å²) in [4.78, 5) is 60.8. The fourth-order valence-electron chi connectivity index (χ4n) is 4.52. The van der Waals surface area contributed by atoms with Crippen LogP contribution in [-0.2, 0) is 42.9 Å². The van der Waals surface area contributed by atoms with Crippen molar-refractivity contribution in [2.24, 2.45) is 0 Å². The topological polar surface area (TPSA) is 174 Å². The number of phenols is 1. The molecule has 13 nitrogen and oxygen atoms in total. The highest BCUT2D eigenvalue weighted by Gasteiger charge is 2.53. The van der Waals surface area contributed by atoms with Gasteiger partial charge in [0, 0.05) is 44.9 Å². The Morgan fingerprint density at radius 2 is 1.47 bits per heavy atom. The predicted octanol–water partition coefficient (Wildman–Crippen LogP) is 3.28. The van der Waals surface area contributed by atoms with E-state index >= 15 is 0 Å². The molecule has 43 heavy (non-hydrogen) atoms. The lowest BCUT2D eigenvalue weighted by atomic mass is 9.98. The summed E-state index contributed by atoms with van der Waals surface area (Å²) in [7, 11) is 0. The lowest BCUT2D eigenvalue weighted by Gasteiger charge is -2.43. The third kappa shape index (κ3) is 7.43. The van der Waals surface area contributed by atoms with Crippen LogP contribution in [-0.4, -0.2) is 66.3 Å². The molecule has 0 amide bonds. The molecule has 3 aromatic rings. The molecule has 228 valence electrons. The van der Waals surface area contributed by atoms with Gasteiger partial charge < -0.3 is 37.9 Å². The molecule has 0 unspecified atom stereocenters. The standard InChI is InChI=1S/C29H27ClO13/c1-13(31)37-12-23-26(39-14(2)32)27(40-15(3)33)28(41-16(4)34)29(43-23)42-19-9-21(35)24-22(10-19)38-11-20(25(24)36)17-5-7-18(30)8-6-17/h5-11,23,26-29,35H,12H2,1-4H3/t23-,26-,27+,28+,29-/m0/s1. The Labute approximate surface area is 249 Å². The van der Waals surface area contributed by atoms with Gasteiger partial charge in [0.2, 0.25) is 17.8 Å². The van der Waals surface area contributed by atoms with E-state index in [-0.39, 0.29) is 22.3 Å². The zero-order chi connectivity index (χ0) is 31.4. The molecule has 1 aliphatic rings. The lowest BCUT2D eigenvalue weighted by Crippen LogP contribution is -2.63. The van der Waals surface area contributed by atoms with Gasteiger partial charge >= 0.3 is 23.9 Å². The van der Waals surface area contributed by atoms with Crippen LogP contribution in [0.15, 0.2) is 51.9 Å². The average molecular weight is 619 g/mol. The van der Waals surface area contributed by atoms with E-state index in [0.29, 0.717) is 10.6 Å². The van der Waals surface area contributed by atoms with E-state index < -0.39 is 72.4 Å². The normalized spacial score (nSPS) is 21.5. The van der Waals surface area contributed by atoms with Crippen LogP contribution >= 0.6 is 11.6 Å². The van der Waals surface area contributed by atoms with Crippen molar-refractivity contribution in [2.45, 2.75) is 58.4 Å². The molecule has 4 rings (SSSR count). The Balaban J connectivity index is 1.74. The number of esters is 4. The van der Waals surface area contributed by atoms with Gasteiger partial charge in [0.15, 0.2) is 12.2 Å². The molecule has 0 radical (unpaired) electrons. The number of halogens is 1. The van der Waals surface area contributed by atoms with Crippen LogP contribution in [0.25, 0.3) is 22.1 Å². The summed E-state index contributed by atoms with van der Waals surface area (Å²) in [6.45, 7) is 3.96. The van der Waals surface area contributed by atoms with E-state index in [1.54, 1.807) is 24.3 Å². The van der Waals surface area contributed by atoms with Gasteiger partial charge in [-0.25, -0.2) is 0 Å². The van der Waals surface area contributed by atoms with Crippen molar-refractivity contribution < 1.29 is 57.1 Å². The molecule has 0 aliphatic carbocycles. The summed E-state index contributed by atoms with van der Waals surface area (Å²) in [6.07, 6.45) is -5.93. The maximum atomic E-state index is 13.2. The number of phenolic OH excluding ortho intramolecular Hbond substituents is 1. The first-order valence-corrected chi connectivity index (χ1v) is 13.2. The summed E-state index contributed by atoms with van der Waals surface area (Å²) >= 11 is 5.94. The summed E-state index contributed by atoms with van der Waals surface area (Å²) < 4.78 is 38.6. The van der Waals surface area contributed by atoms with Gasteiger partial charge in [-0.1, -0.05) is 23.7 Å². The third-order valence-corrected chi connectivity index (χ3v) is 6.44. The molecule has 0 spiro atoms. The van der Waals surface area contributed by atoms with Gasteiger partial charge in [0.1, 0.15) is 41.4 Å². The number of rotatable bonds is 8. The highest BCUT2D eigenvalue weighted by Crippen LogP contribution is 2.35. The third-order valence-electron chi connectivity index (χ3n) is 6.19. The Morgan fingerprint density at radius 3 is 2.07 bits per heavy atom. The zero-order valence-electron chi connectivity index (χ0n) is 23.4. The second-order valence-electron chi connectivity index (χ2n) is 9.49. The minimum Gasteiger partial charge on any atom is -0.507 e. The van der Waals surface area contributed by atoms with E-state index in [9.17, 15) is 29.1 Å². The molecule has 5 atom stereocenters. The summed E-state index contributed by atoms with van der Waals surface area (Å²) in [5, 5.41) is 11.2. The average Bonchev–Trinajstić information content (AvgIpc) is 2.91. The molecule has 1 aliphatic heterocycles. The van der Waals surface area contributed by atoms with Crippen molar-refractivity contribution in [3.63, 3.8) is 0 Å². The number of hydrogen-bond acceptors (Lipinski definition) is 13. The van der Waals surface area contributed by atoms with Crippen LogP contribution < -0.4 is 10.2 Å². The first-order chi connectivity index (χ1) is 20.3. The fraction of sp³-hybridized carbons (Fsp3) is 0.345. The van der Waals surface area contributed by atoms with Gasteiger partial charge in [-0.3, -0.25) is 24.0 Å². The number of carbonyl (C=O) groups is 4. The second kappa shape index (κ2) is 13.1. The number of benzene rings is 2. The van der Waals surface area contributed by atoms with E-state index in [4.69, 9.17) is 44.4 Å². The van der Waals surface area contributed by atoms with Crippen molar-refractivity contribution in [1.29, 1.82) is 0 Å². The number of aromatic hydroxyl groups is 1. The van der Waals surface area contributed by atoms with Crippen molar-refractivity contribution in [1.82, 2.24) is 0 Å². The lowest BCUT2D eigenvalue weighted by molar-refractivity contribution is -0.288. The smallest absolute Gasteiger partial charge is 0.303 e. The highest BCUT2D eigenvalue weighted by molar-refractivity contribution is 6.30. The second-order valence-corrected chi connectivity index (χ2v) is 9.92. The SMILES string of the molecule is CC(=O)OC[C@@H]1O[C@H](Oc2cc(O)c3c(=O)c(-c4ccc(Cl)cc4)coc3c2)[C@H](OC(C)=O)[C@H](OC(C)=O)[C@H]1OC(C)=O. The molecule has 1 fully saturated rings. The quantitative estimate of drug-likeness (QED) is 0.288. The fourth-order valence-corrected chi connectivity index (χ4v) is 4.65. The highest BCUT2D eigenvalue weighted by atomic mass is 35.5. The van der Waals surface area contributed by atoms with Crippen molar-refractivity contribution in [2.75, 3.05) is 6.61 Å². The van der Waals surface area contributed by atoms with Crippen LogP contribution in [0.3, 0.4) is 0 Å². The Kier molecular flexibility index (Phi) is 9.56. The van der Waals surface area contributed by atoms with E-state index in [1.807, 2.05) is 0 Å². The minimum absolute atomic E-state index is 0.0525. The van der Waals surface area contributed by atoms with Crippen LogP contribution in [0.2, 0.25) is 5.02 Å². The summed E-state index contributed by atoms with van der Waals surface area (Å²) in [5.74, 6) is -3.70. The van der Waals surface area contributed by atoms with Crippen molar-refractivity contribution >= 4 is 46.4 Å². The first-order valence-electron chi connectivity index (χ1n) is 12.9. The van der Waals surface area contributed by atoms with Crippen LogP contribution in [0.5, 0.6) is 11.5 Å². The molecule has 2 heterocycles. The van der Waals surface area contributed by atoms with Crippen molar-refractivity contribution in [3.8, 4) is 22.6 Å². The Hall–Kier alpha value is -4.62. The molecule has 1 saturated heterocycles. The molecule has 1 N–H and O–H groups in total. The molecular weight excluding hydrogens is 592 g/mol. The van der Waals surface area contributed by atoms with Gasteiger partial charge in [-0.05, 0) is 17.7 Å². The van der Waals surface area contributed by atoms with Gasteiger partial charge in [0.25, 0.3) is 0 Å². The molecular formula is C29H27ClO13. The van der Waals surface area contributed by atoms with Gasteiger partial charge in [-0.2, -0.15) is 0 Å². The molecule has 2 aromatic carbocycles. The number of carbonyl (C=O) groups excluding carboxylic acids is 4. The molecule has 0 saturated carbocycles. The van der Waals surface area contributed by atoms with Crippen LogP contribution in [0, 0.1) is 0 Å². The van der Waals surface area contributed by atoms with E-state index in [0.717, 1.165) is 33.8 Å². The van der Waals surface area contributed by atoms with E-state index in [1.165, 1.54) is 12.3 Å². The minimum atomic E-state index is -1.56. The maximum Gasteiger partial charge on any atom is 0.303 e. The van der Waals surface area contributed by atoms with Crippen molar-refractivity contribution in [3.05, 3.63) is 57.9 Å². The predicted molar refractivity (Wildman–Crippen MR) is 147 cm³/mol. The van der Waals surface area contributed by atoms with Gasteiger partial charge in [0.05, 0.1) is 5.56 Å². The van der Waals surface area contributed by atoms with Crippen LogP contribution in [0.4, 0.5) is 0 Å². The number of ether oxygens (including phenoxy) is 6. The van der Waals surface area contributed by atoms with E-state index in [2.05, 4.69) is 0 Å². The Bertz CT molecular complexity index is 1600. The molecule has 1 aromatic heterocycles. The van der Waals surface area contributed by atoms with Crippen LogP contribution in [0.1, 0.15) is 27.7 Å². The summed E-state index contributed by atoms with van der Waals surface area (Å²) in [6, 6.07) is 8.85. The van der Waals surface area contributed by atoms with Gasteiger partial charge in [-0.15, -0.1) is 0 Å². The maximum absolute atomic E-state index is 13.2.